The van der Waals surface area contributed by atoms with E-state index < -0.39 is 0 Å². The zero-order chi connectivity index (χ0) is 6.00. The van der Waals surface area contributed by atoms with Gasteiger partial charge in [0.05, 0.1) is 0 Å². The van der Waals surface area contributed by atoms with Gasteiger partial charge in [0.2, 0.25) is 0 Å². The summed E-state index contributed by atoms with van der Waals surface area (Å²) < 4.78 is 0. The topological polar surface area (TPSA) is 0 Å². The van der Waals surface area contributed by atoms with Crippen molar-refractivity contribution < 1.29 is 32.7 Å². The van der Waals surface area contributed by atoms with Gasteiger partial charge >= 0.3 is 32.7 Å². The second-order valence-corrected chi connectivity index (χ2v) is 0. The number of hydrogen-bond donors (Lipinski definition) is 0. The fourth-order valence-electron chi connectivity index (χ4n) is 0. The van der Waals surface area contributed by atoms with Gasteiger partial charge in [0.25, 0.3) is 0 Å². The predicted molar refractivity (Wildman–Crippen MR) is 44.2 cm³/mol. The Kier molecular flexibility index (Phi) is 869. The van der Waals surface area contributed by atoms with Crippen LogP contribution in [0, 0.1) is 20.8 Å². The molecule has 2 heteroatoms. The van der Waals surface area contributed by atoms with Crippen molar-refractivity contribution in [1.29, 1.82) is 0 Å². The van der Waals surface area contributed by atoms with Crippen molar-refractivity contribution in [3.8, 4) is 0 Å². The van der Waals surface area contributed by atoms with Crippen LogP contribution < -0.4 is 0 Å². The van der Waals surface area contributed by atoms with Crippen LogP contribution in [0.2, 0.25) is 0 Å². The Balaban J connectivity index is -0.00000000500. The van der Waals surface area contributed by atoms with Crippen LogP contribution in [-0.4, -0.2) is 0 Å². The van der Waals surface area contributed by atoms with E-state index in [1.54, 1.807) is 20.8 Å². The first-order chi connectivity index (χ1) is 3.00. The molecule has 0 nitrogen and oxygen atoms in total. The van der Waals surface area contributed by atoms with Gasteiger partial charge in [0.15, 0.2) is 0 Å². The van der Waals surface area contributed by atoms with E-state index in [9.17, 15) is 0 Å². The van der Waals surface area contributed by atoms with Gasteiger partial charge in [-0.3, -0.25) is 0 Å². The van der Waals surface area contributed by atoms with E-state index in [0.717, 1.165) is 0 Å². The van der Waals surface area contributed by atoms with Crippen molar-refractivity contribution in [1.82, 2.24) is 0 Å². The van der Waals surface area contributed by atoms with Crippen LogP contribution in [0.1, 0.15) is 20.8 Å². The molecule has 0 aromatic carbocycles. The van der Waals surface area contributed by atoms with E-state index in [1.807, 2.05) is 0 Å². The Bertz CT molecular complexity index is 8.49. The maximum absolute atomic E-state index is 3.25. The van der Waals surface area contributed by atoms with Crippen molar-refractivity contribution in [2.45, 2.75) is 20.8 Å². The first-order valence-electron chi connectivity index (χ1n) is 2.12. The van der Waals surface area contributed by atoms with Crippen LogP contribution in [0.25, 0.3) is 0 Å². The molecule has 1 atom stereocenters. The summed E-state index contributed by atoms with van der Waals surface area (Å²) in [6.45, 7) is 15.0. The van der Waals surface area contributed by atoms with Crippen LogP contribution in [0.15, 0.2) is 0 Å². The van der Waals surface area contributed by atoms with Gasteiger partial charge in [0, 0.05) is 0 Å². The number of hydrogen-bond acceptors (Lipinski definition) is 0. The SMILES string of the molecule is P.[CH2-]C.[CH2-]C.[CH2-]C.[Y+3]. The second kappa shape index (κ2) is 206. The fraction of sp³-hybridized carbons (Fsp3) is 0.500. The van der Waals surface area contributed by atoms with E-state index in [2.05, 4.69) is 20.8 Å². The summed E-state index contributed by atoms with van der Waals surface area (Å²) in [6.07, 6.45) is 0. The van der Waals surface area contributed by atoms with E-state index >= 15 is 0 Å². The molecule has 0 bridgehead atoms. The van der Waals surface area contributed by atoms with Crippen molar-refractivity contribution in [3.05, 3.63) is 20.8 Å². The minimum Gasteiger partial charge on any atom is -0.346 e. The van der Waals surface area contributed by atoms with E-state index in [-0.39, 0.29) is 42.6 Å². The molecule has 0 spiro atoms. The molecular weight excluding hydrogens is 192 g/mol. The summed E-state index contributed by atoms with van der Waals surface area (Å²) in [5.41, 5.74) is 0. The average Bonchev–Trinajstić information content (AvgIpc) is 1.81. The molecule has 0 rings (SSSR count). The average molecular weight is 210 g/mol. The van der Waals surface area contributed by atoms with Crippen LogP contribution in [0.5, 0.6) is 0 Å². The molecular formula is C6H18PY. The van der Waals surface area contributed by atoms with Crippen LogP contribution in [0.4, 0.5) is 0 Å². The van der Waals surface area contributed by atoms with Gasteiger partial charge in [-0.25, -0.2) is 0 Å². The third kappa shape index (κ3) is 137. The fourth-order valence-corrected chi connectivity index (χ4v) is 0. The van der Waals surface area contributed by atoms with Crippen LogP contribution in [0.3, 0.4) is 0 Å². The Morgan fingerprint density at radius 2 is 0.625 bits per heavy atom. The minimum absolute atomic E-state index is 0. The Morgan fingerprint density at radius 3 is 0.625 bits per heavy atom. The maximum Gasteiger partial charge on any atom is 3.00 e. The molecule has 0 radical (unpaired) electrons. The summed E-state index contributed by atoms with van der Waals surface area (Å²) in [5, 5.41) is 0. The summed E-state index contributed by atoms with van der Waals surface area (Å²) in [4.78, 5) is 0. The first kappa shape index (κ1) is 33.8. The molecule has 0 saturated heterocycles. The van der Waals surface area contributed by atoms with Crippen LogP contribution in [-0.2, 0) is 32.7 Å². The minimum atomic E-state index is 0. The molecule has 0 fully saturated rings. The molecule has 0 aliphatic carbocycles. The predicted octanol–water partition coefficient (Wildman–Crippen LogP) is 2.58. The van der Waals surface area contributed by atoms with Crippen molar-refractivity contribution in [2.24, 2.45) is 0 Å². The summed E-state index contributed by atoms with van der Waals surface area (Å²) in [5.74, 6) is 0. The molecule has 0 heterocycles. The Morgan fingerprint density at radius 1 is 0.625 bits per heavy atom. The quantitative estimate of drug-likeness (QED) is 0.425. The molecule has 8 heavy (non-hydrogen) atoms. The summed E-state index contributed by atoms with van der Waals surface area (Å²) >= 11 is 0. The smallest absolute Gasteiger partial charge is 0.346 e. The molecule has 0 amide bonds. The van der Waals surface area contributed by atoms with Crippen molar-refractivity contribution in [2.75, 3.05) is 0 Å². The van der Waals surface area contributed by atoms with E-state index in [4.69, 9.17) is 0 Å². The molecule has 50 valence electrons. The molecule has 1 unspecified atom stereocenters. The zero-order valence-electron chi connectivity index (χ0n) is 6.41. The van der Waals surface area contributed by atoms with E-state index in [0.29, 0.717) is 0 Å². The third-order valence-electron chi connectivity index (χ3n) is 0. The maximum atomic E-state index is 3.25. The zero-order valence-corrected chi connectivity index (χ0v) is 10.7. The standard InChI is InChI=1S/3C2H5.H3P.Y/c3*1-2;;/h3*1H2,2H3;1H3;/q3*-1;;+3. The largest absolute Gasteiger partial charge is 3.00 e. The molecule has 0 N–H and O–H groups in total. The van der Waals surface area contributed by atoms with Gasteiger partial charge in [-0.2, -0.15) is 30.7 Å². The molecule has 0 aliphatic heterocycles. The normalized spacial score (nSPS) is 2.25. The molecule has 0 aliphatic rings. The Hall–Kier alpha value is 1.53. The third-order valence-corrected chi connectivity index (χ3v) is 0. The molecule has 0 aromatic rings. The van der Waals surface area contributed by atoms with Gasteiger partial charge in [-0.15, -0.1) is 0 Å². The van der Waals surface area contributed by atoms with Gasteiger partial charge < -0.3 is 20.8 Å². The second-order valence-electron chi connectivity index (χ2n) is 0. The monoisotopic (exact) mass is 210 g/mol. The molecule has 0 aromatic heterocycles. The van der Waals surface area contributed by atoms with Gasteiger partial charge in [-0.05, 0) is 0 Å². The Labute approximate surface area is 83.7 Å². The molecule has 0 saturated carbocycles. The number of rotatable bonds is 0. The van der Waals surface area contributed by atoms with Crippen LogP contribution >= 0.6 is 9.90 Å². The summed E-state index contributed by atoms with van der Waals surface area (Å²) in [6, 6.07) is 0. The first-order valence-corrected chi connectivity index (χ1v) is 2.12. The summed E-state index contributed by atoms with van der Waals surface area (Å²) in [7, 11) is 0. The van der Waals surface area contributed by atoms with Crippen molar-refractivity contribution in [3.63, 3.8) is 0 Å². The van der Waals surface area contributed by atoms with Gasteiger partial charge in [0.1, 0.15) is 0 Å². The van der Waals surface area contributed by atoms with E-state index in [1.165, 1.54) is 0 Å². The van der Waals surface area contributed by atoms with Crippen molar-refractivity contribution >= 4 is 9.90 Å². The van der Waals surface area contributed by atoms with Gasteiger partial charge in [-0.1, -0.05) is 0 Å².